The number of amides is 2. The molecule has 0 aromatic heterocycles. The highest BCUT2D eigenvalue weighted by molar-refractivity contribution is 5.91. The monoisotopic (exact) mass is 179 g/mol. The van der Waals surface area contributed by atoms with E-state index < -0.39 is 0 Å². The number of nitrogens with two attached hydrogens (primary N) is 1. The normalized spacial score (nSPS) is 15.2. The Hall–Kier alpha value is -1.75. The number of carbonyl (C=O) groups excluding carboxylic acids is 1. The zero-order valence-corrected chi connectivity index (χ0v) is 6.82. The lowest BCUT2D eigenvalue weighted by atomic mass is 10.1. The molecule has 1 aliphatic rings. The van der Waals surface area contributed by atoms with Crippen molar-refractivity contribution in [2.24, 2.45) is 5.84 Å². The maximum atomic E-state index is 11.1. The van der Waals surface area contributed by atoms with Crippen molar-refractivity contribution in [2.75, 3.05) is 5.32 Å². The number of hydrazine groups is 1. The van der Waals surface area contributed by atoms with Crippen molar-refractivity contribution in [3.63, 3.8) is 0 Å². The third-order valence-corrected chi connectivity index (χ3v) is 1.93. The van der Waals surface area contributed by atoms with Crippen LogP contribution in [-0.4, -0.2) is 16.1 Å². The highest BCUT2D eigenvalue weighted by Gasteiger charge is 2.19. The smallest absolute Gasteiger partial charge is 0.336 e. The molecule has 0 fully saturated rings. The van der Waals surface area contributed by atoms with Crippen LogP contribution < -0.4 is 11.2 Å². The summed E-state index contributed by atoms with van der Waals surface area (Å²) in [7, 11) is 0. The largest absolute Gasteiger partial charge is 0.508 e. The van der Waals surface area contributed by atoms with Crippen molar-refractivity contribution >= 4 is 11.7 Å². The van der Waals surface area contributed by atoms with Crippen LogP contribution in [0.1, 0.15) is 5.56 Å². The first kappa shape index (κ1) is 7.88. The number of phenolic OH excluding ortho intramolecular Hbond substituents is 1. The van der Waals surface area contributed by atoms with Crippen LogP contribution in [0.2, 0.25) is 0 Å². The fraction of sp³-hybridized carbons (Fsp3) is 0.125. The molecule has 68 valence electrons. The summed E-state index contributed by atoms with van der Waals surface area (Å²) < 4.78 is 0. The van der Waals surface area contributed by atoms with E-state index in [1.807, 2.05) is 0 Å². The molecule has 4 N–H and O–H groups in total. The van der Waals surface area contributed by atoms with Gasteiger partial charge in [0.25, 0.3) is 0 Å². The van der Waals surface area contributed by atoms with E-state index in [0.717, 1.165) is 10.6 Å². The van der Waals surface area contributed by atoms with Gasteiger partial charge in [-0.2, -0.15) is 0 Å². The van der Waals surface area contributed by atoms with Gasteiger partial charge in [0.15, 0.2) is 0 Å². The van der Waals surface area contributed by atoms with Gasteiger partial charge in [-0.05, 0) is 18.2 Å². The first-order valence-electron chi connectivity index (χ1n) is 3.82. The molecule has 1 aliphatic heterocycles. The molecule has 1 aromatic carbocycles. The first-order chi connectivity index (χ1) is 6.16. The molecule has 0 radical (unpaired) electrons. The molecule has 1 heterocycles. The van der Waals surface area contributed by atoms with Crippen LogP contribution in [0.15, 0.2) is 18.2 Å². The Morgan fingerprint density at radius 1 is 1.54 bits per heavy atom. The van der Waals surface area contributed by atoms with Gasteiger partial charge in [0.2, 0.25) is 0 Å². The molecule has 0 saturated heterocycles. The molecule has 2 amide bonds. The molecule has 13 heavy (non-hydrogen) atoms. The van der Waals surface area contributed by atoms with Crippen LogP contribution in [0.4, 0.5) is 10.5 Å². The summed E-state index contributed by atoms with van der Waals surface area (Å²) in [6.07, 6.45) is 0. The van der Waals surface area contributed by atoms with Crippen LogP contribution >= 0.6 is 0 Å². The number of anilines is 1. The van der Waals surface area contributed by atoms with Crippen LogP contribution in [0.5, 0.6) is 5.75 Å². The quantitative estimate of drug-likeness (QED) is 0.310. The van der Waals surface area contributed by atoms with E-state index in [0.29, 0.717) is 12.2 Å². The maximum absolute atomic E-state index is 11.1. The van der Waals surface area contributed by atoms with E-state index in [9.17, 15) is 4.79 Å². The maximum Gasteiger partial charge on any atom is 0.336 e. The number of phenols is 1. The van der Waals surface area contributed by atoms with Gasteiger partial charge in [0.05, 0.1) is 6.54 Å². The summed E-state index contributed by atoms with van der Waals surface area (Å²) in [4.78, 5) is 11.1. The predicted molar refractivity (Wildman–Crippen MR) is 46.9 cm³/mol. The van der Waals surface area contributed by atoms with Crippen LogP contribution in [0.3, 0.4) is 0 Å². The number of carbonyl (C=O) groups is 1. The number of fused-ring (bicyclic) bond motifs is 1. The second-order valence-electron chi connectivity index (χ2n) is 2.90. The molecular formula is C8H9N3O2. The summed E-state index contributed by atoms with van der Waals surface area (Å²) in [5.74, 6) is 5.55. The second kappa shape index (κ2) is 2.63. The van der Waals surface area contributed by atoms with Crippen LogP contribution in [0.25, 0.3) is 0 Å². The molecule has 0 spiro atoms. The van der Waals surface area contributed by atoms with Crippen LogP contribution in [-0.2, 0) is 6.54 Å². The number of benzene rings is 1. The molecule has 1 aromatic rings. The lowest BCUT2D eigenvalue weighted by Gasteiger charge is -2.25. The molecule has 0 aliphatic carbocycles. The Kier molecular flexibility index (Phi) is 1.60. The zero-order chi connectivity index (χ0) is 9.42. The molecule has 2 rings (SSSR count). The summed E-state index contributed by atoms with van der Waals surface area (Å²) in [6, 6.07) is 4.41. The summed E-state index contributed by atoms with van der Waals surface area (Å²) in [6.45, 7) is 0.315. The number of urea groups is 1. The minimum atomic E-state index is -0.335. The summed E-state index contributed by atoms with van der Waals surface area (Å²) in [5, 5.41) is 12.8. The fourth-order valence-corrected chi connectivity index (χ4v) is 1.28. The van der Waals surface area contributed by atoms with Crippen molar-refractivity contribution in [3.8, 4) is 5.75 Å². The van der Waals surface area contributed by atoms with E-state index >= 15 is 0 Å². The van der Waals surface area contributed by atoms with Crippen molar-refractivity contribution in [1.29, 1.82) is 0 Å². The predicted octanol–water partition coefficient (Wildman–Crippen LogP) is 0.613. The van der Waals surface area contributed by atoms with Crippen molar-refractivity contribution in [2.45, 2.75) is 6.54 Å². The Morgan fingerprint density at radius 2 is 2.31 bits per heavy atom. The molecule has 5 heteroatoms. The van der Waals surface area contributed by atoms with Gasteiger partial charge >= 0.3 is 6.03 Å². The lowest BCUT2D eigenvalue weighted by molar-refractivity contribution is 0.208. The van der Waals surface area contributed by atoms with Crippen molar-refractivity contribution in [3.05, 3.63) is 23.8 Å². The standard InChI is InChI=1S/C8H9N3O2/c9-11-4-5-3-6(12)1-2-7(5)10-8(11)13/h1-3,12H,4,9H2,(H,10,13). The Labute approximate surface area is 74.7 Å². The molecule has 0 bridgehead atoms. The highest BCUT2D eigenvalue weighted by Crippen LogP contribution is 2.25. The summed E-state index contributed by atoms with van der Waals surface area (Å²) in [5.41, 5.74) is 1.51. The molecule has 0 atom stereocenters. The minimum absolute atomic E-state index is 0.170. The number of hydrogen-bond acceptors (Lipinski definition) is 3. The number of hydrogen-bond donors (Lipinski definition) is 3. The second-order valence-corrected chi connectivity index (χ2v) is 2.90. The number of aromatic hydroxyl groups is 1. The van der Waals surface area contributed by atoms with Crippen molar-refractivity contribution in [1.82, 2.24) is 5.01 Å². The van der Waals surface area contributed by atoms with Gasteiger partial charge in [0, 0.05) is 11.3 Å². The van der Waals surface area contributed by atoms with E-state index in [1.54, 1.807) is 12.1 Å². The average molecular weight is 179 g/mol. The zero-order valence-electron chi connectivity index (χ0n) is 6.82. The molecule has 0 saturated carbocycles. The Morgan fingerprint density at radius 3 is 3.08 bits per heavy atom. The SMILES string of the molecule is NN1Cc2cc(O)ccc2NC1=O. The van der Waals surface area contributed by atoms with Crippen LogP contribution in [0, 0.1) is 0 Å². The fourth-order valence-electron chi connectivity index (χ4n) is 1.28. The molecule has 5 nitrogen and oxygen atoms in total. The van der Waals surface area contributed by atoms with Gasteiger partial charge in [-0.1, -0.05) is 0 Å². The molecule has 0 unspecified atom stereocenters. The van der Waals surface area contributed by atoms with Gasteiger partial charge in [-0.3, -0.25) is 5.01 Å². The van der Waals surface area contributed by atoms with Crippen molar-refractivity contribution < 1.29 is 9.90 Å². The topological polar surface area (TPSA) is 78.6 Å². The number of rotatable bonds is 0. The minimum Gasteiger partial charge on any atom is -0.508 e. The number of nitrogens with one attached hydrogen (secondary N) is 1. The van der Waals surface area contributed by atoms with Gasteiger partial charge < -0.3 is 10.4 Å². The summed E-state index contributed by atoms with van der Waals surface area (Å²) >= 11 is 0. The lowest BCUT2D eigenvalue weighted by Crippen LogP contribution is -2.43. The van der Waals surface area contributed by atoms with Gasteiger partial charge in [-0.15, -0.1) is 0 Å². The first-order valence-corrected chi connectivity index (χ1v) is 3.82. The average Bonchev–Trinajstić information content (AvgIpc) is 2.08. The third-order valence-electron chi connectivity index (χ3n) is 1.93. The van der Waals surface area contributed by atoms with E-state index in [-0.39, 0.29) is 11.8 Å². The number of nitrogens with zero attached hydrogens (tertiary/aromatic N) is 1. The van der Waals surface area contributed by atoms with E-state index in [1.165, 1.54) is 6.07 Å². The molecular weight excluding hydrogens is 170 g/mol. The Balaban J connectivity index is 2.42. The van der Waals surface area contributed by atoms with Gasteiger partial charge in [0.1, 0.15) is 5.75 Å². The highest BCUT2D eigenvalue weighted by atomic mass is 16.3. The third kappa shape index (κ3) is 1.29. The van der Waals surface area contributed by atoms with Gasteiger partial charge in [-0.25, -0.2) is 10.6 Å². The van der Waals surface area contributed by atoms with E-state index in [2.05, 4.69) is 5.32 Å². The Bertz CT molecular complexity index is 364. The van der Waals surface area contributed by atoms with E-state index in [4.69, 9.17) is 10.9 Å².